The van der Waals surface area contributed by atoms with Crippen LogP contribution in [0.2, 0.25) is 0 Å². The van der Waals surface area contributed by atoms with Crippen molar-refractivity contribution in [2.24, 2.45) is 11.7 Å². The summed E-state index contributed by atoms with van der Waals surface area (Å²) < 4.78 is 27.7. The maximum atomic E-state index is 14.5. The summed E-state index contributed by atoms with van der Waals surface area (Å²) in [4.78, 5) is 44.6. The number of piperazine rings is 1. The second-order valence-corrected chi connectivity index (χ2v) is 7.85. The van der Waals surface area contributed by atoms with Crippen molar-refractivity contribution in [2.75, 3.05) is 11.4 Å². The molecule has 2 heterocycles. The first-order valence-corrected chi connectivity index (χ1v) is 9.49. The molecule has 2 N–H and O–H groups in total. The number of rotatable bonds is 4. The van der Waals surface area contributed by atoms with Crippen LogP contribution < -0.4 is 10.6 Å². The third kappa shape index (κ3) is 3.20. The molecule has 2 aliphatic rings. The Morgan fingerprint density at radius 3 is 2.50 bits per heavy atom. The van der Waals surface area contributed by atoms with E-state index >= 15 is 0 Å². The molecule has 1 saturated heterocycles. The number of primary amides is 1. The Hall–Kier alpha value is -3.36. The lowest BCUT2D eigenvalue weighted by Gasteiger charge is -2.56. The zero-order chi connectivity index (χ0) is 21.6. The average molecular weight is 414 g/mol. The van der Waals surface area contributed by atoms with Crippen LogP contribution in [0.4, 0.5) is 14.6 Å². The number of nitrogens with zero attached hydrogens (tertiary/aromatic N) is 3. The number of aromatic nitrogens is 1. The second-order valence-electron chi connectivity index (χ2n) is 7.85. The van der Waals surface area contributed by atoms with Gasteiger partial charge in [0.2, 0.25) is 11.8 Å². The Kier molecular flexibility index (Phi) is 4.76. The fourth-order valence-corrected chi connectivity index (χ4v) is 4.16. The number of hydrogen-bond acceptors (Lipinski definition) is 4. The molecule has 2 fully saturated rings. The van der Waals surface area contributed by atoms with Gasteiger partial charge in [0, 0.05) is 18.7 Å². The van der Waals surface area contributed by atoms with Crippen LogP contribution in [0.1, 0.15) is 24.0 Å². The Morgan fingerprint density at radius 2 is 1.90 bits per heavy atom. The van der Waals surface area contributed by atoms with Gasteiger partial charge in [0.15, 0.2) is 11.6 Å². The molecule has 0 bridgehead atoms. The summed E-state index contributed by atoms with van der Waals surface area (Å²) in [5.41, 5.74) is 5.28. The molecule has 1 aromatic heterocycles. The molecule has 30 heavy (non-hydrogen) atoms. The van der Waals surface area contributed by atoms with Crippen LogP contribution in [0.3, 0.4) is 0 Å². The van der Waals surface area contributed by atoms with Crippen LogP contribution in [0.25, 0.3) is 0 Å². The van der Waals surface area contributed by atoms with Gasteiger partial charge < -0.3 is 10.6 Å². The highest BCUT2D eigenvalue weighted by Gasteiger charge is 2.61. The van der Waals surface area contributed by atoms with Crippen molar-refractivity contribution >= 4 is 23.5 Å². The molecule has 156 valence electrons. The molecule has 1 spiro atoms. The first-order chi connectivity index (χ1) is 14.2. The fraction of sp³-hybridized carbons (Fsp3) is 0.333. The van der Waals surface area contributed by atoms with E-state index in [4.69, 9.17) is 5.73 Å². The van der Waals surface area contributed by atoms with Crippen molar-refractivity contribution in [3.05, 3.63) is 59.3 Å². The molecule has 1 aromatic carbocycles. The molecule has 9 heteroatoms. The summed E-state index contributed by atoms with van der Waals surface area (Å²) in [6.45, 7) is 1.35. The summed E-state index contributed by atoms with van der Waals surface area (Å²) >= 11 is 0. The van der Waals surface area contributed by atoms with Crippen molar-refractivity contribution in [3.8, 4) is 0 Å². The van der Waals surface area contributed by atoms with Gasteiger partial charge in [-0.15, -0.1) is 0 Å². The predicted octanol–water partition coefficient (Wildman–Crippen LogP) is 1.68. The van der Waals surface area contributed by atoms with E-state index in [-0.39, 0.29) is 31.7 Å². The van der Waals surface area contributed by atoms with Crippen molar-refractivity contribution < 1.29 is 23.2 Å². The highest BCUT2D eigenvalue weighted by molar-refractivity contribution is 6.10. The smallest absolute Gasteiger partial charge is 0.254 e. The molecule has 0 unspecified atom stereocenters. The number of hydrogen-bond donors (Lipinski definition) is 1. The van der Waals surface area contributed by atoms with E-state index in [0.29, 0.717) is 11.1 Å². The third-order valence-corrected chi connectivity index (χ3v) is 5.79. The Bertz CT molecular complexity index is 1040. The molecular weight excluding hydrogens is 394 g/mol. The van der Waals surface area contributed by atoms with E-state index in [2.05, 4.69) is 4.98 Å². The fourth-order valence-electron chi connectivity index (χ4n) is 4.16. The lowest BCUT2D eigenvalue weighted by Crippen LogP contribution is -2.73. The second kappa shape index (κ2) is 7.16. The van der Waals surface area contributed by atoms with Gasteiger partial charge >= 0.3 is 0 Å². The van der Waals surface area contributed by atoms with Crippen molar-refractivity contribution in [2.45, 2.75) is 31.8 Å². The minimum absolute atomic E-state index is 0.0537. The number of aryl methyl sites for hydroxylation is 1. The van der Waals surface area contributed by atoms with E-state index in [1.807, 2.05) is 0 Å². The molecule has 0 radical (unpaired) electrons. The highest BCUT2D eigenvalue weighted by atomic mass is 19.1. The van der Waals surface area contributed by atoms with Crippen molar-refractivity contribution in [3.63, 3.8) is 0 Å². The Morgan fingerprint density at radius 1 is 1.23 bits per heavy atom. The van der Waals surface area contributed by atoms with Gasteiger partial charge in [-0.3, -0.25) is 19.3 Å². The number of halogens is 2. The summed E-state index contributed by atoms with van der Waals surface area (Å²) in [5, 5.41) is 0. The van der Waals surface area contributed by atoms with Gasteiger partial charge in [-0.1, -0.05) is 12.1 Å². The van der Waals surface area contributed by atoms with E-state index in [9.17, 15) is 23.2 Å². The average Bonchev–Trinajstić information content (AvgIpc) is 2.65. The standard InChI is InChI=1S/C21H20F2N4O3/c1-12-6-16(23)19(25-9-12)26-11-17(28)27(10-13-2-4-15(22)5-3-13)21(20(26)30)7-14(8-21)18(24)29/h2-6,9,14H,7-8,10-11H2,1H3,(H2,24,29). The highest BCUT2D eigenvalue weighted by Crippen LogP contribution is 2.47. The minimum atomic E-state index is -1.32. The SMILES string of the molecule is Cc1cnc(N2CC(=O)N(Cc3ccc(F)cc3)C3(CC(C(N)=O)C3)C2=O)c(F)c1. The van der Waals surface area contributed by atoms with Crippen LogP contribution >= 0.6 is 0 Å². The van der Waals surface area contributed by atoms with Crippen LogP contribution in [0.5, 0.6) is 0 Å². The number of nitrogens with two attached hydrogens (primary N) is 1. The molecule has 0 atom stereocenters. The Labute approximate surface area is 171 Å². The van der Waals surface area contributed by atoms with Gasteiger partial charge in [0.1, 0.15) is 17.9 Å². The Balaban J connectivity index is 1.70. The van der Waals surface area contributed by atoms with Gasteiger partial charge in [-0.2, -0.15) is 0 Å². The number of pyridine rings is 1. The van der Waals surface area contributed by atoms with Crippen LogP contribution in [0.15, 0.2) is 36.5 Å². The quantitative estimate of drug-likeness (QED) is 0.823. The third-order valence-electron chi connectivity index (χ3n) is 5.79. The molecule has 1 aliphatic carbocycles. The summed E-state index contributed by atoms with van der Waals surface area (Å²) in [6, 6.07) is 6.83. The van der Waals surface area contributed by atoms with E-state index in [0.717, 1.165) is 4.90 Å². The van der Waals surface area contributed by atoms with Crippen LogP contribution in [0, 0.1) is 24.5 Å². The number of amides is 3. The van der Waals surface area contributed by atoms with E-state index in [1.54, 1.807) is 6.92 Å². The zero-order valence-corrected chi connectivity index (χ0v) is 16.3. The normalized spacial score (nSPS) is 23.6. The van der Waals surface area contributed by atoms with Gasteiger partial charge in [-0.05, 0) is 49.1 Å². The minimum Gasteiger partial charge on any atom is -0.369 e. The van der Waals surface area contributed by atoms with Gasteiger partial charge in [0.25, 0.3) is 5.91 Å². The first-order valence-electron chi connectivity index (χ1n) is 9.49. The maximum absolute atomic E-state index is 14.5. The lowest BCUT2D eigenvalue weighted by molar-refractivity contribution is -0.164. The first kappa shape index (κ1) is 19.9. The summed E-state index contributed by atoms with van der Waals surface area (Å²) in [5.74, 6) is -3.38. The lowest BCUT2D eigenvalue weighted by atomic mass is 9.65. The van der Waals surface area contributed by atoms with Gasteiger partial charge in [-0.25, -0.2) is 13.8 Å². The number of carbonyl (C=O) groups is 3. The summed E-state index contributed by atoms with van der Waals surface area (Å²) in [7, 11) is 0. The molecule has 1 aliphatic heterocycles. The molecule has 2 aromatic rings. The molecule has 1 saturated carbocycles. The molecule has 3 amide bonds. The molecular formula is C21H20F2N4O3. The maximum Gasteiger partial charge on any atom is 0.254 e. The van der Waals surface area contributed by atoms with Crippen molar-refractivity contribution in [1.29, 1.82) is 0 Å². The molecule has 4 rings (SSSR count). The van der Waals surface area contributed by atoms with E-state index in [1.165, 1.54) is 41.4 Å². The number of carbonyl (C=O) groups excluding carboxylic acids is 3. The topological polar surface area (TPSA) is 96.6 Å². The van der Waals surface area contributed by atoms with Crippen LogP contribution in [-0.4, -0.2) is 39.7 Å². The number of benzene rings is 1. The predicted molar refractivity (Wildman–Crippen MR) is 103 cm³/mol. The monoisotopic (exact) mass is 414 g/mol. The van der Waals surface area contributed by atoms with Crippen molar-refractivity contribution in [1.82, 2.24) is 9.88 Å². The summed E-state index contributed by atoms with van der Waals surface area (Å²) in [6.07, 6.45) is 1.52. The van der Waals surface area contributed by atoms with Gasteiger partial charge in [0.05, 0.1) is 0 Å². The molecule has 7 nitrogen and oxygen atoms in total. The number of anilines is 1. The van der Waals surface area contributed by atoms with Crippen LogP contribution in [-0.2, 0) is 20.9 Å². The zero-order valence-electron chi connectivity index (χ0n) is 16.3. The van der Waals surface area contributed by atoms with E-state index < -0.39 is 40.8 Å². The largest absolute Gasteiger partial charge is 0.369 e.